The Labute approximate surface area is 64.0 Å². The topological polar surface area (TPSA) is 51.5 Å². The third-order valence-corrected chi connectivity index (χ3v) is 1.44. The van der Waals surface area contributed by atoms with E-state index in [1.807, 2.05) is 0 Å². The van der Waals surface area contributed by atoms with Gasteiger partial charge in [-0.1, -0.05) is 0 Å². The van der Waals surface area contributed by atoms with E-state index >= 15 is 0 Å². The molecule has 4 heteroatoms. The molecule has 60 valence electrons. The van der Waals surface area contributed by atoms with Gasteiger partial charge in [0.2, 0.25) is 5.88 Å². The quantitative estimate of drug-likeness (QED) is 0.685. The van der Waals surface area contributed by atoms with Crippen LogP contribution in [0.2, 0.25) is 0 Å². The Morgan fingerprint density at radius 2 is 2.36 bits per heavy atom. The first-order chi connectivity index (χ1) is 5.16. The second kappa shape index (κ2) is 2.65. The van der Waals surface area contributed by atoms with Crippen LogP contribution in [0.1, 0.15) is 10.4 Å². The van der Waals surface area contributed by atoms with Gasteiger partial charge in [-0.15, -0.1) is 0 Å². The molecule has 1 aromatic heterocycles. The third kappa shape index (κ3) is 1.19. The van der Waals surface area contributed by atoms with Crippen molar-refractivity contribution in [3.63, 3.8) is 0 Å². The maximum atomic E-state index is 10.5. The normalized spacial score (nSPS) is 9.64. The summed E-state index contributed by atoms with van der Waals surface area (Å²) in [5.41, 5.74) is 0.190. The SMILES string of the molecule is COc1c(C(=O)O)ccn1C. The highest BCUT2D eigenvalue weighted by Gasteiger charge is 2.12. The van der Waals surface area contributed by atoms with Crippen LogP contribution >= 0.6 is 0 Å². The Hall–Kier alpha value is -1.45. The number of nitrogens with zero attached hydrogens (tertiary/aromatic N) is 1. The van der Waals surface area contributed by atoms with Crippen LogP contribution in [0.5, 0.6) is 5.88 Å². The van der Waals surface area contributed by atoms with Gasteiger partial charge in [0, 0.05) is 13.2 Å². The summed E-state index contributed by atoms with van der Waals surface area (Å²) in [4.78, 5) is 10.5. The standard InChI is InChI=1S/C7H9NO3/c1-8-4-3-5(7(9)10)6(8)11-2/h3-4H,1-2H3,(H,9,10). The van der Waals surface area contributed by atoms with Gasteiger partial charge in [0.15, 0.2) is 0 Å². The molecule has 0 aromatic carbocycles. The average Bonchev–Trinajstić information content (AvgIpc) is 2.30. The van der Waals surface area contributed by atoms with E-state index in [4.69, 9.17) is 9.84 Å². The Morgan fingerprint density at radius 1 is 1.73 bits per heavy atom. The molecular formula is C7H9NO3. The van der Waals surface area contributed by atoms with Crippen molar-refractivity contribution in [2.45, 2.75) is 0 Å². The zero-order valence-electron chi connectivity index (χ0n) is 6.37. The van der Waals surface area contributed by atoms with Gasteiger partial charge in [-0.25, -0.2) is 4.79 Å². The largest absolute Gasteiger partial charge is 0.482 e. The van der Waals surface area contributed by atoms with Gasteiger partial charge >= 0.3 is 5.97 Å². The molecule has 0 radical (unpaired) electrons. The molecule has 1 aromatic rings. The fourth-order valence-electron chi connectivity index (χ4n) is 0.932. The van der Waals surface area contributed by atoms with E-state index in [0.717, 1.165) is 0 Å². The number of methoxy groups -OCH3 is 1. The van der Waals surface area contributed by atoms with Crippen molar-refractivity contribution in [3.05, 3.63) is 17.8 Å². The van der Waals surface area contributed by atoms with Crippen LogP contribution in [0.15, 0.2) is 12.3 Å². The van der Waals surface area contributed by atoms with Gasteiger partial charge < -0.3 is 14.4 Å². The summed E-state index contributed by atoms with van der Waals surface area (Å²) in [6.07, 6.45) is 1.64. The van der Waals surface area contributed by atoms with Crippen molar-refractivity contribution in [1.82, 2.24) is 4.57 Å². The molecule has 4 nitrogen and oxygen atoms in total. The number of aromatic carboxylic acids is 1. The molecule has 0 aliphatic heterocycles. The summed E-state index contributed by atoms with van der Waals surface area (Å²) in [5, 5.41) is 8.62. The first kappa shape index (κ1) is 7.65. The van der Waals surface area contributed by atoms with Crippen molar-refractivity contribution in [3.8, 4) is 5.88 Å². The summed E-state index contributed by atoms with van der Waals surface area (Å²) >= 11 is 0. The second-order valence-electron chi connectivity index (χ2n) is 2.15. The molecule has 1 heterocycles. The molecule has 0 bridgehead atoms. The number of rotatable bonds is 2. The molecule has 0 aliphatic rings. The number of aryl methyl sites for hydroxylation is 1. The number of hydrogen-bond donors (Lipinski definition) is 1. The van der Waals surface area contributed by atoms with Gasteiger partial charge in [-0.2, -0.15) is 0 Å². The fourth-order valence-corrected chi connectivity index (χ4v) is 0.932. The van der Waals surface area contributed by atoms with Crippen LogP contribution in [-0.4, -0.2) is 22.8 Å². The summed E-state index contributed by atoms with van der Waals surface area (Å²) in [7, 11) is 3.17. The maximum Gasteiger partial charge on any atom is 0.341 e. The Morgan fingerprint density at radius 3 is 2.73 bits per heavy atom. The van der Waals surface area contributed by atoms with Crippen LogP contribution in [0.4, 0.5) is 0 Å². The van der Waals surface area contributed by atoms with Crippen molar-refractivity contribution < 1.29 is 14.6 Å². The van der Waals surface area contributed by atoms with Crippen molar-refractivity contribution in [1.29, 1.82) is 0 Å². The lowest BCUT2D eigenvalue weighted by molar-refractivity contribution is 0.0693. The summed E-state index contributed by atoms with van der Waals surface area (Å²) in [5.74, 6) is -0.597. The molecule has 0 spiro atoms. The zero-order chi connectivity index (χ0) is 8.43. The monoisotopic (exact) mass is 155 g/mol. The van der Waals surface area contributed by atoms with Crippen LogP contribution in [0.25, 0.3) is 0 Å². The van der Waals surface area contributed by atoms with E-state index in [0.29, 0.717) is 5.88 Å². The highest BCUT2D eigenvalue weighted by atomic mass is 16.5. The first-order valence-electron chi connectivity index (χ1n) is 3.09. The summed E-state index contributed by atoms with van der Waals surface area (Å²) < 4.78 is 6.47. The van der Waals surface area contributed by atoms with E-state index < -0.39 is 5.97 Å². The fraction of sp³-hybridized carbons (Fsp3) is 0.286. The molecule has 1 N–H and O–H groups in total. The van der Waals surface area contributed by atoms with E-state index in [1.165, 1.54) is 13.2 Å². The predicted molar refractivity (Wildman–Crippen MR) is 38.9 cm³/mol. The average molecular weight is 155 g/mol. The summed E-state index contributed by atoms with van der Waals surface area (Å²) in [6, 6.07) is 1.50. The molecule has 0 unspecified atom stereocenters. The molecule has 0 saturated carbocycles. The van der Waals surface area contributed by atoms with Crippen LogP contribution in [0.3, 0.4) is 0 Å². The van der Waals surface area contributed by atoms with Crippen LogP contribution in [-0.2, 0) is 7.05 Å². The lowest BCUT2D eigenvalue weighted by Crippen LogP contribution is -2.00. The van der Waals surface area contributed by atoms with Crippen LogP contribution < -0.4 is 4.74 Å². The Bertz CT molecular complexity index is 277. The molecular weight excluding hydrogens is 146 g/mol. The minimum atomic E-state index is -0.970. The van der Waals surface area contributed by atoms with Crippen molar-refractivity contribution in [2.24, 2.45) is 7.05 Å². The van der Waals surface area contributed by atoms with E-state index in [-0.39, 0.29) is 5.56 Å². The molecule has 11 heavy (non-hydrogen) atoms. The smallest absolute Gasteiger partial charge is 0.341 e. The lowest BCUT2D eigenvalue weighted by Gasteiger charge is -2.01. The van der Waals surface area contributed by atoms with Gasteiger partial charge in [-0.3, -0.25) is 0 Å². The minimum absolute atomic E-state index is 0.190. The van der Waals surface area contributed by atoms with Crippen molar-refractivity contribution >= 4 is 5.97 Å². The number of aromatic nitrogens is 1. The van der Waals surface area contributed by atoms with E-state index in [9.17, 15) is 4.79 Å². The van der Waals surface area contributed by atoms with Crippen molar-refractivity contribution in [2.75, 3.05) is 7.11 Å². The molecule has 0 amide bonds. The number of carbonyl (C=O) groups is 1. The molecule has 0 atom stereocenters. The third-order valence-electron chi connectivity index (χ3n) is 1.44. The second-order valence-corrected chi connectivity index (χ2v) is 2.15. The summed E-state index contributed by atoms with van der Waals surface area (Å²) in [6.45, 7) is 0. The van der Waals surface area contributed by atoms with E-state index in [1.54, 1.807) is 17.8 Å². The number of carboxylic acids is 1. The van der Waals surface area contributed by atoms with Gasteiger partial charge in [0.25, 0.3) is 0 Å². The molecule has 1 rings (SSSR count). The van der Waals surface area contributed by atoms with Gasteiger partial charge in [-0.05, 0) is 6.07 Å². The lowest BCUT2D eigenvalue weighted by atomic mass is 10.3. The minimum Gasteiger partial charge on any atom is -0.482 e. The van der Waals surface area contributed by atoms with Gasteiger partial charge in [0.1, 0.15) is 5.56 Å². The molecule has 0 fully saturated rings. The molecule has 0 saturated heterocycles. The van der Waals surface area contributed by atoms with Crippen LogP contribution in [0, 0.1) is 0 Å². The zero-order valence-corrected chi connectivity index (χ0v) is 6.37. The number of ether oxygens (including phenoxy) is 1. The molecule has 0 aliphatic carbocycles. The first-order valence-corrected chi connectivity index (χ1v) is 3.09. The van der Waals surface area contributed by atoms with Gasteiger partial charge in [0.05, 0.1) is 7.11 Å². The highest BCUT2D eigenvalue weighted by molar-refractivity contribution is 5.90. The predicted octanol–water partition coefficient (Wildman–Crippen LogP) is 0.732. The highest BCUT2D eigenvalue weighted by Crippen LogP contribution is 2.17. The number of carboxylic acid groups (broad SMARTS) is 1. The number of hydrogen-bond acceptors (Lipinski definition) is 2. The maximum absolute atomic E-state index is 10.5. The van der Waals surface area contributed by atoms with E-state index in [2.05, 4.69) is 0 Å². The Balaban J connectivity index is 3.15. The Kier molecular flexibility index (Phi) is 1.85.